The van der Waals surface area contributed by atoms with Crippen LogP contribution in [0.2, 0.25) is 5.02 Å². The van der Waals surface area contributed by atoms with Crippen molar-refractivity contribution in [2.45, 2.75) is 52.8 Å². The monoisotopic (exact) mass is 411 g/mol. The minimum atomic E-state index is -0.228. The normalized spacial score (nSPS) is 18.0. The number of hydrogen-bond donors (Lipinski definition) is 1. The van der Waals surface area contributed by atoms with Crippen LogP contribution in [0.25, 0.3) is 0 Å². The molecule has 1 amide bonds. The van der Waals surface area contributed by atoms with Crippen molar-refractivity contribution in [2.24, 2.45) is 5.73 Å². The second-order valence-corrected chi connectivity index (χ2v) is 8.49. The van der Waals surface area contributed by atoms with Crippen LogP contribution in [-0.4, -0.2) is 59.1 Å². The highest BCUT2D eigenvalue weighted by Crippen LogP contribution is 2.24. The van der Waals surface area contributed by atoms with Gasteiger partial charge in [0.2, 0.25) is 0 Å². The molecule has 5 nitrogen and oxygen atoms in total. The van der Waals surface area contributed by atoms with Crippen LogP contribution in [0.3, 0.4) is 0 Å². The van der Waals surface area contributed by atoms with Crippen LogP contribution in [-0.2, 0) is 17.7 Å². The van der Waals surface area contributed by atoms with E-state index < -0.39 is 0 Å². The summed E-state index contributed by atoms with van der Waals surface area (Å²) in [5.41, 5.74) is 9.20. The van der Waals surface area contributed by atoms with Crippen molar-refractivity contribution in [2.75, 3.05) is 26.2 Å². The molecule has 0 bridgehead atoms. The molecule has 0 radical (unpaired) electrons. The van der Waals surface area contributed by atoms with Gasteiger partial charge in [-0.15, -0.1) is 0 Å². The molecule has 0 unspecified atom stereocenters. The summed E-state index contributed by atoms with van der Waals surface area (Å²) < 4.78 is 5.34. The molecule has 1 aromatic carbocycles. The Kier molecular flexibility index (Phi) is 8.04. The number of piperazine rings is 1. The number of carbonyl (C=O) groups excluding carboxylic acids is 1. The SMILES string of the molecule is Cc1c(CC(=S)CN)cc(Cl)cc1CN1CCN(C(=O)OC(C)C)[C@@H](C)C1. The number of amides is 1. The summed E-state index contributed by atoms with van der Waals surface area (Å²) in [5, 5.41) is 0.720. The lowest BCUT2D eigenvalue weighted by Gasteiger charge is -2.39. The number of thiocarbonyl (C=S) groups is 1. The minimum Gasteiger partial charge on any atom is -0.447 e. The fourth-order valence-corrected chi connectivity index (χ4v) is 3.81. The summed E-state index contributed by atoms with van der Waals surface area (Å²) in [4.78, 5) is 17.2. The van der Waals surface area contributed by atoms with Gasteiger partial charge in [-0.25, -0.2) is 4.79 Å². The fraction of sp³-hybridized carbons (Fsp3) is 0.600. The summed E-state index contributed by atoms with van der Waals surface area (Å²) in [7, 11) is 0. The first-order valence-electron chi connectivity index (χ1n) is 9.40. The molecule has 2 rings (SSSR count). The van der Waals surface area contributed by atoms with E-state index in [1.807, 2.05) is 30.9 Å². The van der Waals surface area contributed by atoms with E-state index in [1.165, 1.54) is 11.1 Å². The number of ether oxygens (including phenoxy) is 1. The van der Waals surface area contributed by atoms with Gasteiger partial charge < -0.3 is 15.4 Å². The van der Waals surface area contributed by atoms with Crippen molar-refractivity contribution in [3.63, 3.8) is 0 Å². The van der Waals surface area contributed by atoms with Crippen LogP contribution in [0.4, 0.5) is 4.79 Å². The molecule has 1 atom stereocenters. The van der Waals surface area contributed by atoms with E-state index in [4.69, 9.17) is 34.3 Å². The maximum absolute atomic E-state index is 12.2. The van der Waals surface area contributed by atoms with Crippen molar-refractivity contribution >= 4 is 34.8 Å². The van der Waals surface area contributed by atoms with Crippen LogP contribution in [0.15, 0.2) is 12.1 Å². The molecule has 0 spiro atoms. The lowest BCUT2D eigenvalue weighted by Crippen LogP contribution is -2.54. The van der Waals surface area contributed by atoms with Crippen molar-refractivity contribution in [1.82, 2.24) is 9.80 Å². The summed E-state index contributed by atoms with van der Waals surface area (Å²) in [6.45, 7) is 11.4. The van der Waals surface area contributed by atoms with E-state index in [1.54, 1.807) is 0 Å². The Labute approximate surface area is 172 Å². The number of rotatable bonds is 6. The topological polar surface area (TPSA) is 58.8 Å². The second-order valence-electron chi connectivity index (χ2n) is 7.48. The van der Waals surface area contributed by atoms with Gasteiger partial charge in [0.25, 0.3) is 0 Å². The van der Waals surface area contributed by atoms with Gasteiger partial charge in [-0.05, 0) is 56.5 Å². The third kappa shape index (κ3) is 6.14. The Bertz CT molecular complexity index is 696. The molecule has 0 saturated carbocycles. The number of carbonyl (C=O) groups is 1. The van der Waals surface area contributed by atoms with E-state index in [0.717, 1.165) is 35.1 Å². The van der Waals surface area contributed by atoms with E-state index in [-0.39, 0.29) is 18.2 Å². The van der Waals surface area contributed by atoms with Gasteiger partial charge in [0, 0.05) is 55.1 Å². The van der Waals surface area contributed by atoms with Gasteiger partial charge in [-0.2, -0.15) is 0 Å². The highest BCUT2D eigenvalue weighted by atomic mass is 35.5. The zero-order valence-corrected chi connectivity index (χ0v) is 18.2. The summed E-state index contributed by atoms with van der Waals surface area (Å²) in [5.74, 6) is 0. The largest absolute Gasteiger partial charge is 0.447 e. The minimum absolute atomic E-state index is 0.102. The Morgan fingerprint density at radius 3 is 2.63 bits per heavy atom. The third-order valence-electron chi connectivity index (χ3n) is 4.88. The van der Waals surface area contributed by atoms with Gasteiger partial charge in [0.05, 0.1) is 6.10 Å². The van der Waals surface area contributed by atoms with Crippen LogP contribution in [0.1, 0.15) is 37.5 Å². The summed E-state index contributed by atoms with van der Waals surface area (Å²) in [6.07, 6.45) is 0.347. The molecule has 1 fully saturated rings. The molecule has 150 valence electrons. The van der Waals surface area contributed by atoms with Gasteiger partial charge in [-0.3, -0.25) is 4.90 Å². The maximum Gasteiger partial charge on any atom is 0.410 e. The molecule has 27 heavy (non-hydrogen) atoms. The first-order valence-corrected chi connectivity index (χ1v) is 10.2. The van der Waals surface area contributed by atoms with E-state index in [0.29, 0.717) is 19.5 Å². The van der Waals surface area contributed by atoms with E-state index in [9.17, 15) is 4.79 Å². The molecule has 1 heterocycles. The molecule has 1 aliphatic rings. The quantitative estimate of drug-likeness (QED) is 0.725. The molecular formula is C20H30ClN3O2S. The standard InChI is InChI=1S/C20H30ClN3O2S/c1-13(2)26-20(25)24-6-5-23(11-14(24)3)12-17-8-18(21)7-16(15(17)4)9-19(27)10-22/h7-8,13-14H,5-6,9-12,22H2,1-4H3/t14-/m0/s1. The highest BCUT2D eigenvalue weighted by molar-refractivity contribution is 7.80. The number of halogens is 1. The zero-order chi connectivity index (χ0) is 20.1. The smallest absolute Gasteiger partial charge is 0.410 e. The first kappa shape index (κ1) is 22.1. The zero-order valence-electron chi connectivity index (χ0n) is 16.6. The third-order valence-corrected chi connectivity index (χ3v) is 5.41. The van der Waals surface area contributed by atoms with E-state index >= 15 is 0 Å². The fourth-order valence-electron chi connectivity index (χ4n) is 3.39. The lowest BCUT2D eigenvalue weighted by atomic mass is 9.98. The van der Waals surface area contributed by atoms with Crippen molar-refractivity contribution in [3.05, 3.63) is 33.8 Å². The summed E-state index contributed by atoms with van der Waals surface area (Å²) in [6, 6.07) is 4.11. The maximum atomic E-state index is 12.2. The second kappa shape index (κ2) is 9.82. The molecule has 0 aliphatic carbocycles. The molecular weight excluding hydrogens is 382 g/mol. The van der Waals surface area contributed by atoms with Crippen molar-refractivity contribution in [3.8, 4) is 0 Å². The molecule has 1 aliphatic heterocycles. The number of benzene rings is 1. The molecule has 7 heteroatoms. The number of nitrogens with two attached hydrogens (primary N) is 1. The van der Waals surface area contributed by atoms with Crippen LogP contribution in [0, 0.1) is 6.92 Å². The average molecular weight is 412 g/mol. The van der Waals surface area contributed by atoms with E-state index in [2.05, 4.69) is 18.7 Å². The van der Waals surface area contributed by atoms with Gasteiger partial charge in [0.15, 0.2) is 0 Å². The predicted molar refractivity (Wildman–Crippen MR) is 115 cm³/mol. The van der Waals surface area contributed by atoms with Gasteiger partial charge >= 0.3 is 6.09 Å². The predicted octanol–water partition coefficient (Wildman–Crippen LogP) is 3.57. The molecule has 1 aromatic rings. The lowest BCUT2D eigenvalue weighted by molar-refractivity contribution is 0.0349. The van der Waals surface area contributed by atoms with Gasteiger partial charge in [0.1, 0.15) is 0 Å². The molecule has 1 saturated heterocycles. The Balaban J connectivity index is 2.06. The first-order chi connectivity index (χ1) is 12.7. The van der Waals surface area contributed by atoms with Crippen molar-refractivity contribution in [1.29, 1.82) is 0 Å². The number of hydrogen-bond acceptors (Lipinski definition) is 5. The number of nitrogens with zero attached hydrogens (tertiary/aromatic N) is 2. The van der Waals surface area contributed by atoms with Crippen LogP contribution in [0.5, 0.6) is 0 Å². The average Bonchev–Trinajstić information content (AvgIpc) is 2.58. The molecule has 0 aromatic heterocycles. The summed E-state index contributed by atoms with van der Waals surface area (Å²) >= 11 is 11.6. The highest BCUT2D eigenvalue weighted by Gasteiger charge is 2.29. The Morgan fingerprint density at radius 2 is 2.04 bits per heavy atom. The Morgan fingerprint density at radius 1 is 1.37 bits per heavy atom. The van der Waals surface area contributed by atoms with Crippen molar-refractivity contribution < 1.29 is 9.53 Å². The van der Waals surface area contributed by atoms with Gasteiger partial charge in [-0.1, -0.05) is 23.8 Å². The van der Waals surface area contributed by atoms with Crippen LogP contribution < -0.4 is 5.73 Å². The molecule has 2 N–H and O–H groups in total. The Hall–Kier alpha value is -1.21. The van der Waals surface area contributed by atoms with Crippen LogP contribution >= 0.6 is 23.8 Å².